The number of nitrogens with one attached hydrogen (secondary N) is 13. The van der Waals surface area contributed by atoms with E-state index < -0.39 is 257 Å². The first kappa shape index (κ1) is 99.5. The molecule has 48 heteroatoms. The van der Waals surface area contributed by atoms with Gasteiger partial charge in [0.1, 0.15) is 59.3 Å². The third-order valence-electron chi connectivity index (χ3n) is 19.5. The number of non-ortho nitro benzene ring substituents is 1. The Labute approximate surface area is 702 Å². The van der Waals surface area contributed by atoms with Crippen LogP contribution in [0.2, 0.25) is 0 Å². The zero-order valence-electron chi connectivity index (χ0n) is 67.5. The van der Waals surface area contributed by atoms with Crippen LogP contribution in [0.4, 0.5) is 17.1 Å². The van der Waals surface area contributed by atoms with Gasteiger partial charge < -0.3 is 122 Å². The zero-order valence-corrected chi connectivity index (χ0v) is 67.5. The lowest BCUT2D eigenvalue weighted by Gasteiger charge is -2.43. The largest absolute Gasteiger partial charge is 0.497 e. The maximum Gasteiger partial charge on any atom is 0.336 e. The molecule has 11 amide bonds. The number of imide groups is 1. The van der Waals surface area contributed by atoms with Gasteiger partial charge in [0.25, 0.3) is 23.2 Å². The highest BCUT2D eigenvalue weighted by atomic mass is 16.6. The summed E-state index contributed by atoms with van der Waals surface area (Å²) >= 11 is 0. The summed E-state index contributed by atoms with van der Waals surface area (Å²) in [4.78, 5) is 242. The Bertz CT molecular complexity index is 4590. The number of nitro groups is 2. The van der Waals surface area contributed by atoms with Crippen molar-refractivity contribution in [1.29, 1.82) is 16.2 Å². The molecule has 0 aliphatic carbocycles. The number of hydrogen-bond acceptors (Lipinski definition) is 28. The number of hydrogen-bond donors (Lipinski definition) is 22. The fourth-order valence-electron chi connectivity index (χ4n) is 13.0. The summed E-state index contributed by atoms with van der Waals surface area (Å²) in [6, 6.07) is -1.61. The maximum atomic E-state index is 16.8. The van der Waals surface area contributed by atoms with E-state index in [-0.39, 0.29) is 125 Å². The van der Waals surface area contributed by atoms with E-state index in [1.54, 1.807) is 30.3 Å². The predicted octanol–water partition coefficient (Wildman–Crippen LogP) is -3.83. The number of ether oxygens (including phenoxy) is 2. The van der Waals surface area contributed by atoms with E-state index in [4.69, 9.17) is 70.3 Å². The van der Waals surface area contributed by atoms with Crippen LogP contribution in [0, 0.1) is 36.5 Å². The van der Waals surface area contributed by atoms with E-state index >= 15 is 28.8 Å². The lowest BCUT2D eigenvalue weighted by atomic mass is 9.83. The molecular formula is C75H106N24O24. The van der Waals surface area contributed by atoms with Crippen LogP contribution >= 0.6 is 0 Å². The first-order chi connectivity index (χ1) is 58.2. The number of Topliss-reactive ketones (excluding diaryl/α,β-unsaturated/α-hetero) is 1. The van der Waals surface area contributed by atoms with Crippen LogP contribution in [0.15, 0.2) is 82.0 Å². The summed E-state index contributed by atoms with van der Waals surface area (Å²) in [7, 11) is 1.24. The summed E-state index contributed by atoms with van der Waals surface area (Å²) < 4.78 is 16.7. The number of guanidine groups is 3. The molecule has 1 aliphatic rings. The number of ketones is 1. The number of aliphatic carboxylic acids is 2. The highest BCUT2D eigenvalue weighted by molar-refractivity contribution is 6.20. The lowest BCUT2D eigenvalue weighted by molar-refractivity contribution is -0.393. The number of unbranched alkanes of at least 4 members (excludes halogenated alkanes) is 1. The number of anilines is 1. The molecule has 670 valence electrons. The number of likely N-dealkylation sites (tertiary alicyclic amines) is 1. The van der Waals surface area contributed by atoms with Crippen molar-refractivity contribution in [2.24, 2.45) is 40.1 Å². The number of primary amides is 2. The van der Waals surface area contributed by atoms with Crippen LogP contribution in [-0.4, -0.2) is 237 Å². The lowest BCUT2D eigenvalue weighted by Crippen LogP contribution is -2.74. The third-order valence-corrected chi connectivity index (χ3v) is 19.5. The molecule has 1 saturated heterocycles. The number of carboxylic acids is 2. The van der Waals surface area contributed by atoms with Gasteiger partial charge in [0.2, 0.25) is 58.7 Å². The van der Waals surface area contributed by atoms with Crippen LogP contribution in [0.3, 0.4) is 0 Å². The summed E-state index contributed by atoms with van der Waals surface area (Å²) in [6.45, 7) is -0.812. The average molecular weight is 1730 g/mol. The number of methoxy groups -OCH3 is 1. The topological polar surface area (TPSA) is 795 Å². The van der Waals surface area contributed by atoms with Crippen molar-refractivity contribution in [3.05, 3.63) is 115 Å². The number of fused-ring (bicyclic) bond motifs is 1. The molecule has 48 nitrogen and oxygen atoms in total. The number of carbonyl (C=O) groups excluding carboxylic acids is 12. The highest BCUT2D eigenvalue weighted by Crippen LogP contribution is 2.34. The van der Waals surface area contributed by atoms with E-state index in [1.807, 2.05) is 0 Å². The molecule has 4 aromatic rings. The average Bonchev–Trinajstić information content (AvgIpc) is 0.967. The Morgan fingerprint density at radius 2 is 1.17 bits per heavy atom. The number of benzene rings is 3. The highest BCUT2D eigenvalue weighted by Gasteiger charge is 2.58. The molecule has 0 unspecified atom stereocenters. The van der Waals surface area contributed by atoms with Gasteiger partial charge in [-0.15, -0.1) is 0 Å². The monoisotopic (exact) mass is 1730 g/mol. The number of nitrogens with two attached hydrogens (primary N) is 7. The molecule has 10 atom stereocenters. The first-order valence-corrected chi connectivity index (χ1v) is 38.9. The number of amides is 11. The van der Waals surface area contributed by atoms with Crippen LogP contribution in [-0.2, 0) is 84.9 Å². The second kappa shape index (κ2) is 48.9. The normalized spacial score (nSPS) is 14.7. The van der Waals surface area contributed by atoms with Crippen molar-refractivity contribution in [1.82, 2.24) is 57.7 Å². The van der Waals surface area contributed by atoms with Crippen molar-refractivity contribution < 1.29 is 101 Å². The van der Waals surface area contributed by atoms with Gasteiger partial charge in [-0.1, -0.05) is 30.3 Å². The Morgan fingerprint density at radius 3 is 1.74 bits per heavy atom. The first-order valence-electron chi connectivity index (χ1n) is 38.9. The Kier molecular flexibility index (Phi) is 39.5. The molecule has 1 fully saturated rings. The number of carbonyl (C=O) groups is 14. The van der Waals surface area contributed by atoms with Crippen molar-refractivity contribution in [3.63, 3.8) is 0 Å². The maximum absolute atomic E-state index is 16.8. The molecule has 5 rings (SSSR count). The Balaban J connectivity index is 1.83. The smallest absolute Gasteiger partial charge is 0.336 e. The minimum Gasteiger partial charge on any atom is -0.497 e. The second-order valence-corrected chi connectivity index (χ2v) is 28.7. The second-order valence-electron chi connectivity index (χ2n) is 28.7. The summed E-state index contributed by atoms with van der Waals surface area (Å²) in [5.74, 6) is -21.3. The molecule has 1 aromatic heterocycles. The molecule has 0 spiro atoms. The van der Waals surface area contributed by atoms with E-state index in [0.717, 1.165) is 23.5 Å². The van der Waals surface area contributed by atoms with Crippen LogP contribution in [0.5, 0.6) is 5.75 Å². The molecule has 2 heterocycles. The molecule has 0 radical (unpaired) electrons. The third kappa shape index (κ3) is 31.2. The van der Waals surface area contributed by atoms with E-state index in [9.17, 15) is 73.6 Å². The Hall–Kier alpha value is -14.1. The van der Waals surface area contributed by atoms with Crippen LogP contribution < -0.4 is 104 Å². The SMILES string of the molecule is COc1ccc2c(CC(=O)[C@](CNc3ccc([N+](=O)[O-])cc3[N+](=O)[O-])(C(=O)N[C@@H](C)C(=O)N[C@H](CCCNC(=N)N)C(=O)N[C@H](CCC(=O)O)C(=O)N[C@H](CCCNC(=N)N)C(N)=O)N(C(=O)[C@H](CCC(=O)O)NC(=O)[C@H](CCC(N)=O)NC(=O)[C@@H]3CCCN3C(=O)[C@H](N)CCCNC(=N)N)C(=O)[C@@H](N)CCCCOCc3ccccc3)cc(=O)oc2c1. The van der Waals surface area contributed by atoms with Crippen LogP contribution in [0.1, 0.15) is 127 Å². The van der Waals surface area contributed by atoms with Crippen molar-refractivity contribution in [3.8, 4) is 5.75 Å². The van der Waals surface area contributed by atoms with Crippen molar-refractivity contribution in [2.75, 3.05) is 51.8 Å². The van der Waals surface area contributed by atoms with Gasteiger partial charge >= 0.3 is 17.6 Å². The molecule has 0 bridgehead atoms. The zero-order chi connectivity index (χ0) is 91.4. The molecule has 3 aromatic carbocycles. The van der Waals surface area contributed by atoms with E-state index in [1.165, 1.54) is 25.3 Å². The van der Waals surface area contributed by atoms with Gasteiger partial charge in [-0.3, -0.25) is 108 Å². The van der Waals surface area contributed by atoms with Gasteiger partial charge in [-0.2, -0.15) is 0 Å². The number of nitrogens with zero attached hydrogens (tertiary/aromatic N) is 4. The van der Waals surface area contributed by atoms with Gasteiger partial charge in [-0.05, 0) is 126 Å². The van der Waals surface area contributed by atoms with Gasteiger partial charge in [0, 0.05) is 82.1 Å². The van der Waals surface area contributed by atoms with Crippen molar-refractivity contribution in [2.45, 2.75) is 189 Å². The van der Waals surface area contributed by atoms with E-state index in [0.29, 0.717) is 18.2 Å². The molecule has 0 saturated carbocycles. The minimum atomic E-state index is -3.90. The van der Waals surface area contributed by atoms with Gasteiger partial charge in [0.15, 0.2) is 23.7 Å². The van der Waals surface area contributed by atoms with Crippen LogP contribution in [0.25, 0.3) is 11.0 Å². The van der Waals surface area contributed by atoms with Gasteiger partial charge in [-0.25, -0.2) is 4.79 Å². The molecule has 29 N–H and O–H groups in total. The summed E-state index contributed by atoms with van der Waals surface area (Å²) in [5, 5.41) is 91.9. The minimum absolute atomic E-state index is 0.0161. The van der Waals surface area contributed by atoms with Crippen molar-refractivity contribution >= 4 is 129 Å². The van der Waals surface area contributed by atoms with Gasteiger partial charge in [0.05, 0.1) is 48.3 Å². The Morgan fingerprint density at radius 1 is 0.626 bits per heavy atom. The summed E-state index contributed by atoms with van der Waals surface area (Å²) in [6.07, 6.45) is -7.58. The van der Waals surface area contributed by atoms with E-state index in [2.05, 4.69) is 53.2 Å². The molecule has 123 heavy (non-hydrogen) atoms. The number of rotatable bonds is 54. The number of carboxylic acid groups (broad SMARTS) is 2. The molecule has 1 aliphatic heterocycles. The standard InChI is InChI=1S/C75H106N24O24/c1-40(63(108)92-50(17-10-31-88-74(84)85)64(109)93-52(24-27-59(102)103)65(110)91-49(62(79)107)16-9-30-87-73(82)83)90-71(116)75(39-89-48-22-19-43(98(117)118)36-55(48)99(119)120,57(100)34-42-35-61(106)123-56-37-44(121-2)20-21-45(42)56)97(69(114)47(77)14-6-7-33-122-38-41-12-4-3-5-13-41)70(115)53(25-28-60(104)105)95-66(111)51(23-26-58(78)101)94-67(112)54-18-11-32-96(54)68(113)46(76)15-8-29-86-72(80)81/h3-5,12-13,19-22,35-37,40,46-47,49-54,89H,6-11,14-18,23-34,38-39,76-77H2,1-2H3,(H2,78,101)(H2,79,107)(H,90,116)(H,91,110)(H,92,108)(H,93,109)(H,94,112)(H,95,111)(H,102,103)(H,104,105)(H4,80,81,86)(H4,82,83,87)(H4,84,85,88)/t40-,46+,47-,49+,50+,51-,52+,53-,54-,75+/m0/s1. The summed E-state index contributed by atoms with van der Waals surface area (Å²) in [5.41, 5.74) is 32.6. The quantitative estimate of drug-likeness (QED) is 0.00383. The number of nitro benzene ring substituents is 2. The predicted molar refractivity (Wildman–Crippen MR) is 437 cm³/mol. The fourth-order valence-corrected chi connectivity index (χ4v) is 13.0. The molecular weight excluding hydrogens is 1620 g/mol. The fraction of sp³-hybridized carbons (Fsp3) is 0.493.